The van der Waals surface area contributed by atoms with Crippen LogP contribution in [0.4, 0.5) is 0 Å². The fraction of sp³-hybridized carbons (Fsp3) is 0.857. The highest BCUT2D eigenvalue weighted by molar-refractivity contribution is 5.78. The van der Waals surface area contributed by atoms with Gasteiger partial charge in [-0.15, -0.1) is 0 Å². The number of hydrogen-bond acceptors (Lipinski definition) is 5. The Bertz CT molecular complexity index is 343. The van der Waals surface area contributed by atoms with Crippen LogP contribution in [0.15, 0.2) is 0 Å². The monoisotopic (exact) mass is 302 g/mol. The minimum atomic E-state index is -0.335. The second kappa shape index (κ2) is 8.96. The van der Waals surface area contributed by atoms with Crippen LogP contribution in [-0.2, 0) is 14.3 Å². The van der Waals surface area contributed by atoms with Crippen molar-refractivity contribution in [2.45, 2.75) is 51.7 Å². The summed E-state index contributed by atoms with van der Waals surface area (Å²) >= 11 is 0. The number of hydrogen-bond donors (Lipinski definition) is 4. The van der Waals surface area contributed by atoms with Crippen LogP contribution in [0.2, 0.25) is 0 Å². The minimum Gasteiger partial charge on any atom is -0.374 e. The van der Waals surface area contributed by atoms with Crippen molar-refractivity contribution in [1.82, 2.24) is 10.6 Å². The third-order valence-electron chi connectivity index (χ3n) is 3.12. The average Bonchev–Trinajstić information content (AvgIpc) is 2.41. The fourth-order valence-electron chi connectivity index (χ4n) is 1.77. The second-order valence-corrected chi connectivity index (χ2v) is 6.30. The van der Waals surface area contributed by atoms with Crippen molar-refractivity contribution in [3.05, 3.63) is 0 Å². The molecule has 0 aromatic heterocycles. The standard InChI is InChI=1S/C14H30N4O3/c1-13(2,18-12(20)10-16)5-6-14(3,4)21-8-7-17-11(19)9-15/h5-10,15-16H2,1-4H3,(H,17,19)(H,18,20). The van der Waals surface area contributed by atoms with Gasteiger partial charge in [0, 0.05) is 12.1 Å². The van der Waals surface area contributed by atoms with Crippen molar-refractivity contribution in [2.75, 3.05) is 26.2 Å². The summed E-state index contributed by atoms with van der Waals surface area (Å²) in [5.41, 5.74) is 9.82. The zero-order valence-electron chi connectivity index (χ0n) is 13.6. The first-order valence-corrected chi connectivity index (χ1v) is 7.24. The van der Waals surface area contributed by atoms with Gasteiger partial charge in [-0.05, 0) is 40.5 Å². The van der Waals surface area contributed by atoms with Gasteiger partial charge in [-0.2, -0.15) is 0 Å². The summed E-state index contributed by atoms with van der Waals surface area (Å²) in [7, 11) is 0. The van der Waals surface area contributed by atoms with Crippen LogP contribution in [0.25, 0.3) is 0 Å². The number of carbonyl (C=O) groups excluding carboxylic acids is 2. The molecule has 7 heteroatoms. The molecule has 0 aliphatic carbocycles. The third kappa shape index (κ3) is 10.2. The molecule has 2 amide bonds. The molecule has 0 saturated heterocycles. The molecule has 0 unspecified atom stereocenters. The smallest absolute Gasteiger partial charge is 0.234 e. The molecule has 0 aromatic carbocycles. The van der Waals surface area contributed by atoms with Crippen LogP contribution in [-0.4, -0.2) is 49.2 Å². The first kappa shape index (κ1) is 19.8. The van der Waals surface area contributed by atoms with Gasteiger partial charge in [-0.25, -0.2) is 0 Å². The summed E-state index contributed by atoms with van der Waals surface area (Å²) in [6, 6.07) is 0. The molecule has 0 atom stereocenters. The van der Waals surface area contributed by atoms with E-state index in [0.717, 1.165) is 12.8 Å². The predicted octanol–water partition coefficient (Wildman–Crippen LogP) is -0.510. The van der Waals surface area contributed by atoms with Crippen molar-refractivity contribution >= 4 is 11.8 Å². The van der Waals surface area contributed by atoms with Crippen molar-refractivity contribution in [2.24, 2.45) is 11.5 Å². The molecule has 0 aliphatic rings. The van der Waals surface area contributed by atoms with E-state index in [1.54, 1.807) is 0 Å². The lowest BCUT2D eigenvalue weighted by molar-refractivity contribution is -0.121. The summed E-state index contributed by atoms with van der Waals surface area (Å²) in [5, 5.41) is 5.53. The van der Waals surface area contributed by atoms with Gasteiger partial charge in [-0.3, -0.25) is 9.59 Å². The molecule has 0 aromatic rings. The van der Waals surface area contributed by atoms with Crippen LogP contribution in [0, 0.1) is 0 Å². The maximum absolute atomic E-state index is 11.3. The molecule has 0 fully saturated rings. The Morgan fingerprint density at radius 1 is 1.00 bits per heavy atom. The Kier molecular flexibility index (Phi) is 8.46. The van der Waals surface area contributed by atoms with Gasteiger partial charge in [-0.1, -0.05) is 0 Å². The van der Waals surface area contributed by atoms with Crippen molar-refractivity contribution < 1.29 is 14.3 Å². The molecular weight excluding hydrogens is 272 g/mol. The van der Waals surface area contributed by atoms with Crippen LogP contribution in [0.3, 0.4) is 0 Å². The number of amides is 2. The van der Waals surface area contributed by atoms with Crippen molar-refractivity contribution in [3.63, 3.8) is 0 Å². The van der Waals surface area contributed by atoms with Crippen LogP contribution in [0.1, 0.15) is 40.5 Å². The maximum atomic E-state index is 11.3. The Morgan fingerprint density at radius 2 is 1.57 bits per heavy atom. The lowest BCUT2D eigenvalue weighted by atomic mass is 9.91. The van der Waals surface area contributed by atoms with Gasteiger partial charge in [0.2, 0.25) is 11.8 Å². The minimum absolute atomic E-state index is 0.00976. The summed E-state index contributed by atoms with van der Waals surface area (Å²) in [6.45, 7) is 8.72. The van der Waals surface area contributed by atoms with Gasteiger partial charge in [0.25, 0.3) is 0 Å². The highest BCUT2D eigenvalue weighted by atomic mass is 16.5. The van der Waals surface area contributed by atoms with Crippen molar-refractivity contribution in [3.8, 4) is 0 Å². The van der Waals surface area contributed by atoms with Crippen molar-refractivity contribution in [1.29, 1.82) is 0 Å². The zero-order valence-corrected chi connectivity index (χ0v) is 13.6. The molecule has 0 rings (SSSR count). The summed E-state index contributed by atoms with van der Waals surface area (Å²) in [5.74, 6) is -0.356. The van der Waals surface area contributed by atoms with E-state index in [2.05, 4.69) is 10.6 Å². The number of carbonyl (C=O) groups is 2. The molecule has 6 N–H and O–H groups in total. The molecular formula is C14H30N4O3. The van der Waals surface area contributed by atoms with Gasteiger partial charge in [0.1, 0.15) is 0 Å². The van der Waals surface area contributed by atoms with E-state index < -0.39 is 0 Å². The lowest BCUT2D eigenvalue weighted by Crippen LogP contribution is -2.47. The number of nitrogens with two attached hydrogens (primary N) is 2. The molecule has 0 spiro atoms. The van der Waals surface area contributed by atoms with Gasteiger partial charge >= 0.3 is 0 Å². The quantitative estimate of drug-likeness (QED) is 0.405. The molecule has 0 saturated carbocycles. The van der Waals surface area contributed by atoms with Gasteiger partial charge < -0.3 is 26.8 Å². The first-order chi connectivity index (χ1) is 9.62. The Morgan fingerprint density at radius 3 is 2.10 bits per heavy atom. The highest BCUT2D eigenvalue weighted by Gasteiger charge is 2.25. The largest absolute Gasteiger partial charge is 0.374 e. The molecule has 7 nitrogen and oxygen atoms in total. The first-order valence-electron chi connectivity index (χ1n) is 7.24. The predicted molar refractivity (Wildman–Crippen MR) is 82.6 cm³/mol. The molecule has 0 heterocycles. The summed E-state index contributed by atoms with van der Waals surface area (Å²) in [4.78, 5) is 22.3. The van der Waals surface area contributed by atoms with E-state index in [9.17, 15) is 9.59 Å². The van der Waals surface area contributed by atoms with E-state index in [1.165, 1.54) is 0 Å². The van der Waals surface area contributed by atoms with E-state index in [0.29, 0.717) is 13.2 Å². The van der Waals surface area contributed by atoms with E-state index in [1.807, 2.05) is 27.7 Å². The van der Waals surface area contributed by atoms with Crippen LogP contribution in [0.5, 0.6) is 0 Å². The topological polar surface area (TPSA) is 119 Å². The molecule has 21 heavy (non-hydrogen) atoms. The Labute approximate surface area is 127 Å². The Hall–Kier alpha value is -1.18. The average molecular weight is 302 g/mol. The fourth-order valence-corrected chi connectivity index (χ4v) is 1.77. The second-order valence-electron chi connectivity index (χ2n) is 6.30. The Balaban J connectivity index is 4.05. The number of ether oxygens (including phenoxy) is 1. The lowest BCUT2D eigenvalue weighted by Gasteiger charge is -2.32. The molecule has 124 valence electrons. The van der Waals surface area contributed by atoms with Crippen LogP contribution < -0.4 is 22.1 Å². The molecule has 0 bridgehead atoms. The molecule has 0 radical (unpaired) electrons. The zero-order chi connectivity index (χ0) is 16.5. The maximum Gasteiger partial charge on any atom is 0.234 e. The highest BCUT2D eigenvalue weighted by Crippen LogP contribution is 2.22. The number of nitrogens with one attached hydrogen (secondary N) is 2. The number of rotatable bonds is 10. The van der Waals surface area contributed by atoms with E-state index >= 15 is 0 Å². The van der Waals surface area contributed by atoms with Crippen LogP contribution >= 0.6 is 0 Å². The van der Waals surface area contributed by atoms with Gasteiger partial charge in [0.05, 0.1) is 25.3 Å². The van der Waals surface area contributed by atoms with Gasteiger partial charge in [0.15, 0.2) is 0 Å². The third-order valence-corrected chi connectivity index (χ3v) is 3.12. The summed E-state index contributed by atoms with van der Waals surface area (Å²) in [6.07, 6.45) is 1.54. The SMILES string of the molecule is CC(C)(CCC(C)(C)OCCNC(=O)CN)NC(=O)CN. The van der Waals surface area contributed by atoms with E-state index in [-0.39, 0.29) is 36.0 Å². The normalized spacial score (nSPS) is 12.1. The van der Waals surface area contributed by atoms with E-state index in [4.69, 9.17) is 16.2 Å². The summed E-state index contributed by atoms with van der Waals surface area (Å²) < 4.78 is 5.76. The molecule has 0 aliphatic heterocycles.